The fourth-order valence-electron chi connectivity index (χ4n) is 0.843. The van der Waals surface area contributed by atoms with Gasteiger partial charge in [-0.3, -0.25) is 4.18 Å². The molecule has 4 heteroatoms. The maximum Gasteiger partial charge on any atom is 0.267 e. The SMILES string of the molecule is COS(=O)(=O)CC1(C)CC1. The molecule has 0 N–H and O–H groups in total. The molecule has 1 aliphatic carbocycles. The average Bonchev–Trinajstić information content (AvgIpc) is 2.47. The summed E-state index contributed by atoms with van der Waals surface area (Å²) in [4.78, 5) is 0. The van der Waals surface area contributed by atoms with Gasteiger partial charge in [0.1, 0.15) is 0 Å². The summed E-state index contributed by atoms with van der Waals surface area (Å²) in [6.07, 6.45) is 2.02. The second kappa shape index (κ2) is 2.20. The molecule has 1 fully saturated rings. The lowest BCUT2D eigenvalue weighted by atomic mass is 10.2. The van der Waals surface area contributed by atoms with Gasteiger partial charge in [0.05, 0.1) is 12.9 Å². The summed E-state index contributed by atoms with van der Waals surface area (Å²) in [5.41, 5.74) is 0.0227. The summed E-state index contributed by atoms with van der Waals surface area (Å²) in [6.45, 7) is 1.96. The van der Waals surface area contributed by atoms with Gasteiger partial charge in [-0.25, -0.2) is 0 Å². The third-order valence-electron chi connectivity index (χ3n) is 1.88. The van der Waals surface area contributed by atoms with E-state index in [2.05, 4.69) is 4.18 Å². The first-order chi connectivity index (χ1) is 4.47. The molecule has 0 aromatic heterocycles. The largest absolute Gasteiger partial charge is 0.273 e. The first-order valence-corrected chi connectivity index (χ1v) is 4.83. The molecule has 3 nitrogen and oxygen atoms in total. The lowest BCUT2D eigenvalue weighted by molar-refractivity contribution is 0.389. The van der Waals surface area contributed by atoms with Crippen LogP contribution >= 0.6 is 0 Å². The van der Waals surface area contributed by atoms with Crippen LogP contribution in [0.5, 0.6) is 0 Å². The van der Waals surface area contributed by atoms with Crippen LogP contribution < -0.4 is 0 Å². The van der Waals surface area contributed by atoms with Gasteiger partial charge >= 0.3 is 0 Å². The summed E-state index contributed by atoms with van der Waals surface area (Å²) in [5, 5.41) is 0. The molecule has 0 aliphatic heterocycles. The first-order valence-electron chi connectivity index (χ1n) is 3.26. The third-order valence-corrected chi connectivity index (χ3v) is 3.44. The summed E-state index contributed by atoms with van der Waals surface area (Å²) >= 11 is 0. The monoisotopic (exact) mass is 164 g/mol. The van der Waals surface area contributed by atoms with Gasteiger partial charge in [-0.1, -0.05) is 6.92 Å². The fraction of sp³-hybridized carbons (Fsp3) is 1.00. The van der Waals surface area contributed by atoms with Gasteiger partial charge in [-0.05, 0) is 18.3 Å². The zero-order chi connectivity index (χ0) is 7.83. The quantitative estimate of drug-likeness (QED) is 0.578. The fourth-order valence-corrected chi connectivity index (χ4v) is 2.10. The molecule has 0 heterocycles. The Hall–Kier alpha value is -0.0900. The van der Waals surface area contributed by atoms with E-state index in [0.29, 0.717) is 0 Å². The Balaban J connectivity index is 2.53. The highest BCUT2D eigenvalue weighted by molar-refractivity contribution is 7.86. The van der Waals surface area contributed by atoms with Crippen molar-refractivity contribution in [2.24, 2.45) is 5.41 Å². The Morgan fingerprint density at radius 3 is 2.30 bits per heavy atom. The van der Waals surface area contributed by atoms with E-state index >= 15 is 0 Å². The van der Waals surface area contributed by atoms with Gasteiger partial charge in [0.2, 0.25) is 0 Å². The van der Waals surface area contributed by atoms with Gasteiger partial charge in [0, 0.05) is 0 Å². The van der Waals surface area contributed by atoms with E-state index in [1.807, 2.05) is 6.92 Å². The number of hydrogen-bond acceptors (Lipinski definition) is 3. The molecular formula is C6H12O3S. The van der Waals surface area contributed by atoms with Crippen LogP contribution in [0.25, 0.3) is 0 Å². The minimum Gasteiger partial charge on any atom is -0.273 e. The third kappa shape index (κ3) is 1.95. The van der Waals surface area contributed by atoms with Crippen molar-refractivity contribution in [3.05, 3.63) is 0 Å². The molecule has 1 aliphatic rings. The van der Waals surface area contributed by atoms with Gasteiger partial charge in [-0.15, -0.1) is 0 Å². The van der Waals surface area contributed by atoms with Crippen molar-refractivity contribution in [1.29, 1.82) is 0 Å². The van der Waals surface area contributed by atoms with Crippen LogP contribution in [-0.2, 0) is 14.3 Å². The van der Waals surface area contributed by atoms with Gasteiger partial charge in [-0.2, -0.15) is 8.42 Å². The molecule has 0 spiro atoms. The Morgan fingerprint density at radius 2 is 2.00 bits per heavy atom. The Labute approximate surface area is 61.5 Å². The molecule has 0 bridgehead atoms. The average molecular weight is 164 g/mol. The zero-order valence-corrected chi connectivity index (χ0v) is 7.07. The van der Waals surface area contributed by atoms with Crippen molar-refractivity contribution >= 4 is 10.1 Å². The van der Waals surface area contributed by atoms with Gasteiger partial charge < -0.3 is 0 Å². The van der Waals surface area contributed by atoms with Crippen LogP contribution in [-0.4, -0.2) is 21.3 Å². The van der Waals surface area contributed by atoms with Crippen molar-refractivity contribution in [2.75, 3.05) is 12.9 Å². The van der Waals surface area contributed by atoms with Crippen LogP contribution in [0.4, 0.5) is 0 Å². The summed E-state index contributed by atoms with van der Waals surface area (Å²) in [6, 6.07) is 0. The van der Waals surface area contributed by atoms with Crippen molar-refractivity contribution in [1.82, 2.24) is 0 Å². The molecule has 10 heavy (non-hydrogen) atoms. The highest BCUT2D eigenvalue weighted by Crippen LogP contribution is 2.45. The Bertz CT molecular complexity index is 213. The Morgan fingerprint density at radius 1 is 1.50 bits per heavy atom. The molecule has 0 aromatic carbocycles. The maximum absolute atomic E-state index is 10.8. The molecule has 0 radical (unpaired) electrons. The summed E-state index contributed by atoms with van der Waals surface area (Å²) in [5.74, 6) is 0.177. The van der Waals surface area contributed by atoms with E-state index in [1.165, 1.54) is 7.11 Å². The smallest absolute Gasteiger partial charge is 0.267 e. The van der Waals surface area contributed by atoms with Crippen LogP contribution in [0.3, 0.4) is 0 Å². The predicted octanol–water partition coefficient (Wildman–Crippen LogP) is 0.763. The molecule has 0 atom stereocenters. The minimum absolute atomic E-state index is 0.0227. The standard InChI is InChI=1S/C6H12O3S/c1-6(3-4-6)5-10(7,8)9-2/h3-5H2,1-2H3. The van der Waals surface area contributed by atoms with Crippen LogP contribution in [0.1, 0.15) is 19.8 Å². The van der Waals surface area contributed by atoms with E-state index in [9.17, 15) is 8.42 Å². The number of rotatable bonds is 3. The van der Waals surface area contributed by atoms with E-state index in [4.69, 9.17) is 0 Å². The topological polar surface area (TPSA) is 43.4 Å². The minimum atomic E-state index is -3.21. The van der Waals surface area contributed by atoms with Gasteiger partial charge in [0.15, 0.2) is 0 Å². The summed E-state index contributed by atoms with van der Waals surface area (Å²) in [7, 11) is -2.01. The lowest BCUT2D eigenvalue weighted by Crippen LogP contribution is -2.15. The second-order valence-electron chi connectivity index (χ2n) is 3.18. The summed E-state index contributed by atoms with van der Waals surface area (Å²) < 4.78 is 26.0. The van der Waals surface area contributed by atoms with Crippen molar-refractivity contribution < 1.29 is 12.6 Å². The zero-order valence-electron chi connectivity index (χ0n) is 6.25. The molecular weight excluding hydrogens is 152 g/mol. The lowest BCUT2D eigenvalue weighted by Gasteiger charge is -2.05. The molecule has 1 rings (SSSR count). The molecule has 1 saturated carbocycles. The van der Waals surface area contributed by atoms with E-state index in [-0.39, 0.29) is 11.2 Å². The second-order valence-corrected chi connectivity index (χ2v) is 4.92. The van der Waals surface area contributed by atoms with Crippen LogP contribution in [0, 0.1) is 5.41 Å². The Kier molecular flexibility index (Phi) is 1.76. The predicted molar refractivity (Wildman–Crippen MR) is 38.1 cm³/mol. The van der Waals surface area contributed by atoms with E-state index in [0.717, 1.165) is 12.8 Å². The highest BCUT2D eigenvalue weighted by Gasteiger charge is 2.41. The van der Waals surface area contributed by atoms with Crippen molar-refractivity contribution in [3.63, 3.8) is 0 Å². The van der Waals surface area contributed by atoms with E-state index < -0.39 is 10.1 Å². The van der Waals surface area contributed by atoms with E-state index in [1.54, 1.807) is 0 Å². The van der Waals surface area contributed by atoms with Crippen molar-refractivity contribution in [2.45, 2.75) is 19.8 Å². The molecule has 0 unspecified atom stereocenters. The normalized spacial score (nSPS) is 22.6. The molecule has 0 aromatic rings. The molecule has 0 saturated heterocycles. The molecule has 0 amide bonds. The van der Waals surface area contributed by atoms with Crippen LogP contribution in [0.2, 0.25) is 0 Å². The maximum atomic E-state index is 10.8. The molecule has 60 valence electrons. The first kappa shape index (κ1) is 8.01. The highest BCUT2D eigenvalue weighted by atomic mass is 32.2. The van der Waals surface area contributed by atoms with Crippen molar-refractivity contribution in [3.8, 4) is 0 Å². The number of hydrogen-bond donors (Lipinski definition) is 0. The van der Waals surface area contributed by atoms with Gasteiger partial charge in [0.25, 0.3) is 10.1 Å². The van der Waals surface area contributed by atoms with Crippen LogP contribution in [0.15, 0.2) is 0 Å².